The molecule has 3 rings (SSSR count). The monoisotopic (exact) mass is 376 g/mol. The lowest BCUT2D eigenvalue weighted by molar-refractivity contribution is -0.122. The fourth-order valence-corrected chi connectivity index (χ4v) is 3.09. The molecule has 7 heteroatoms. The zero-order chi connectivity index (χ0) is 18.0. The molecule has 0 unspecified atom stereocenters. The van der Waals surface area contributed by atoms with Gasteiger partial charge in [0.2, 0.25) is 0 Å². The predicted octanol–water partition coefficient (Wildman–Crippen LogP) is 3.90. The average molecular weight is 377 g/mol. The van der Waals surface area contributed by atoms with Crippen molar-refractivity contribution in [3.63, 3.8) is 0 Å². The van der Waals surface area contributed by atoms with Gasteiger partial charge in [0.1, 0.15) is 29.6 Å². The Bertz CT molecular complexity index is 840. The van der Waals surface area contributed by atoms with Gasteiger partial charge in [-0.3, -0.25) is 9.69 Å². The van der Waals surface area contributed by atoms with Crippen LogP contribution < -0.4 is 10.1 Å². The lowest BCUT2D eigenvalue weighted by Crippen LogP contribution is -2.30. The molecule has 0 atom stereocenters. The summed E-state index contributed by atoms with van der Waals surface area (Å²) < 4.78 is 11.5. The zero-order valence-corrected chi connectivity index (χ0v) is 15.4. The Morgan fingerprint density at radius 1 is 1.36 bits per heavy atom. The van der Waals surface area contributed by atoms with Crippen LogP contribution >= 0.6 is 23.8 Å². The second-order valence-electron chi connectivity index (χ2n) is 5.52. The molecule has 130 valence electrons. The van der Waals surface area contributed by atoms with E-state index in [1.807, 2.05) is 26.0 Å². The van der Waals surface area contributed by atoms with Crippen LogP contribution in [0, 0.1) is 6.92 Å². The van der Waals surface area contributed by atoms with Crippen LogP contribution in [0.25, 0.3) is 6.08 Å². The van der Waals surface area contributed by atoms with Crippen molar-refractivity contribution in [1.82, 2.24) is 10.2 Å². The van der Waals surface area contributed by atoms with E-state index in [1.54, 1.807) is 24.3 Å². The van der Waals surface area contributed by atoms with Crippen molar-refractivity contribution >= 4 is 40.9 Å². The summed E-state index contributed by atoms with van der Waals surface area (Å²) >= 11 is 11.3. The minimum Gasteiger partial charge on any atom is -0.484 e. The number of furan rings is 1. The lowest BCUT2D eigenvalue weighted by Gasteiger charge is -2.09. The molecule has 0 bridgehead atoms. The number of aryl methyl sites for hydroxylation is 1. The van der Waals surface area contributed by atoms with E-state index >= 15 is 0 Å². The number of carbonyl (C=O) groups excluding carboxylic acids is 1. The lowest BCUT2D eigenvalue weighted by atomic mass is 10.2. The van der Waals surface area contributed by atoms with E-state index < -0.39 is 0 Å². The third-order valence-corrected chi connectivity index (χ3v) is 4.39. The molecule has 1 fully saturated rings. The average Bonchev–Trinajstić information content (AvgIpc) is 3.12. The van der Waals surface area contributed by atoms with Crippen LogP contribution in [0.3, 0.4) is 0 Å². The van der Waals surface area contributed by atoms with E-state index in [0.29, 0.717) is 39.6 Å². The van der Waals surface area contributed by atoms with Crippen molar-refractivity contribution < 1.29 is 13.9 Å². The van der Waals surface area contributed by atoms with Gasteiger partial charge in [0, 0.05) is 12.6 Å². The van der Waals surface area contributed by atoms with Crippen LogP contribution in [0.1, 0.15) is 24.0 Å². The predicted molar refractivity (Wildman–Crippen MR) is 100 cm³/mol. The maximum atomic E-state index is 12.2. The van der Waals surface area contributed by atoms with Gasteiger partial charge in [-0.1, -0.05) is 23.7 Å². The number of hydrogen-bond acceptors (Lipinski definition) is 4. The Hall–Kier alpha value is -2.31. The number of hydrogen-bond donors (Lipinski definition) is 1. The number of amides is 1. The van der Waals surface area contributed by atoms with Crippen molar-refractivity contribution in [2.75, 3.05) is 6.54 Å². The topological polar surface area (TPSA) is 54.7 Å². The number of nitrogens with one attached hydrogen (secondary N) is 1. The molecule has 5 nitrogen and oxygen atoms in total. The van der Waals surface area contributed by atoms with Crippen LogP contribution in [0.15, 0.2) is 40.4 Å². The maximum absolute atomic E-state index is 12.2. The fourth-order valence-electron chi connectivity index (χ4n) is 2.49. The van der Waals surface area contributed by atoms with E-state index in [1.165, 1.54) is 4.90 Å². The molecule has 1 aliphatic rings. The van der Waals surface area contributed by atoms with Crippen LogP contribution in [0.4, 0.5) is 0 Å². The Balaban J connectivity index is 1.70. The molecule has 1 aromatic heterocycles. The first kappa shape index (κ1) is 17.5. The molecule has 1 N–H and O–H groups in total. The van der Waals surface area contributed by atoms with Gasteiger partial charge < -0.3 is 14.5 Å². The summed E-state index contributed by atoms with van der Waals surface area (Å²) in [5.74, 6) is 1.66. The highest BCUT2D eigenvalue weighted by molar-refractivity contribution is 7.80. The van der Waals surface area contributed by atoms with Crippen LogP contribution in [-0.2, 0) is 11.4 Å². The number of nitrogens with zero attached hydrogens (tertiary/aromatic N) is 1. The van der Waals surface area contributed by atoms with Gasteiger partial charge in [-0.2, -0.15) is 0 Å². The maximum Gasteiger partial charge on any atom is 0.276 e. The zero-order valence-electron chi connectivity index (χ0n) is 13.8. The second-order valence-corrected chi connectivity index (χ2v) is 6.31. The highest BCUT2D eigenvalue weighted by Gasteiger charge is 2.29. The quantitative estimate of drug-likeness (QED) is 0.633. The van der Waals surface area contributed by atoms with E-state index in [0.717, 1.165) is 5.56 Å². The van der Waals surface area contributed by atoms with Gasteiger partial charge in [-0.05, 0) is 49.8 Å². The first-order valence-electron chi connectivity index (χ1n) is 7.80. The van der Waals surface area contributed by atoms with Crippen LogP contribution in [0.2, 0.25) is 5.02 Å². The Morgan fingerprint density at radius 2 is 2.16 bits per heavy atom. The van der Waals surface area contributed by atoms with Gasteiger partial charge in [0.15, 0.2) is 5.11 Å². The number of benzene rings is 1. The molecule has 1 saturated heterocycles. The van der Waals surface area contributed by atoms with Crippen molar-refractivity contribution in [3.05, 3.63) is 58.1 Å². The van der Waals surface area contributed by atoms with Crippen LogP contribution in [-0.4, -0.2) is 22.5 Å². The van der Waals surface area contributed by atoms with Crippen molar-refractivity contribution in [1.29, 1.82) is 0 Å². The van der Waals surface area contributed by atoms with Crippen molar-refractivity contribution in [3.8, 4) is 5.75 Å². The van der Waals surface area contributed by atoms with Gasteiger partial charge in [-0.15, -0.1) is 0 Å². The summed E-state index contributed by atoms with van der Waals surface area (Å²) in [6.07, 6.45) is 1.63. The molecule has 2 heterocycles. The Labute approximate surface area is 156 Å². The number of rotatable bonds is 5. The number of para-hydroxylation sites is 1. The molecule has 1 amide bonds. The SMILES string of the molecule is CCN1C(=O)/C(=C\c2ccc(COc3c(C)cccc3Cl)o2)NC1=S. The molecular weight excluding hydrogens is 360 g/mol. The number of likely N-dealkylation sites (N-methyl/N-ethyl adjacent to an activating group) is 1. The Morgan fingerprint density at radius 3 is 2.84 bits per heavy atom. The summed E-state index contributed by atoms with van der Waals surface area (Å²) in [7, 11) is 0. The van der Waals surface area contributed by atoms with Crippen molar-refractivity contribution in [2.24, 2.45) is 0 Å². The number of carbonyl (C=O) groups is 1. The third-order valence-electron chi connectivity index (χ3n) is 3.77. The highest BCUT2D eigenvalue weighted by atomic mass is 35.5. The molecule has 1 aliphatic heterocycles. The first-order chi connectivity index (χ1) is 12.0. The number of thiocarbonyl (C=S) groups is 1. The minimum atomic E-state index is -0.159. The smallest absolute Gasteiger partial charge is 0.276 e. The molecule has 0 saturated carbocycles. The summed E-state index contributed by atoms with van der Waals surface area (Å²) in [6, 6.07) is 9.16. The molecule has 0 radical (unpaired) electrons. The van der Waals surface area contributed by atoms with E-state index in [-0.39, 0.29) is 12.5 Å². The molecule has 0 spiro atoms. The normalized spacial score (nSPS) is 15.8. The third kappa shape index (κ3) is 3.70. The van der Waals surface area contributed by atoms with Gasteiger partial charge in [0.05, 0.1) is 5.02 Å². The van der Waals surface area contributed by atoms with E-state index in [2.05, 4.69) is 5.32 Å². The standard InChI is InChI=1S/C18H17ClN2O3S/c1-3-21-17(22)15(20-18(21)25)9-12-7-8-13(24-12)10-23-16-11(2)5-4-6-14(16)19/h4-9H,3,10H2,1-2H3,(H,20,25)/b15-9+. The first-order valence-corrected chi connectivity index (χ1v) is 8.59. The molecule has 25 heavy (non-hydrogen) atoms. The molecule has 2 aromatic rings. The summed E-state index contributed by atoms with van der Waals surface area (Å²) in [6.45, 7) is 4.57. The van der Waals surface area contributed by atoms with Gasteiger partial charge in [-0.25, -0.2) is 0 Å². The molecular formula is C18H17ClN2O3S. The largest absolute Gasteiger partial charge is 0.484 e. The van der Waals surface area contributed by atoms with Gasteiger partial charge >= 0.3 is 0 Å². The summed E-state index contributed by atoms with van der Waals surface area (Å²) in [5.41, 5.74) is 1.35. The number of halogens is 1. The van der Waals surface area contributed by atoms with E-state index in [4.69, 9.17) is 33.0 Å². The summed E-state index contributed by atoms with van der Waals surface area (Å²) in [4.78, 5) is 13.7. The second kappa shape index (κ2) is 7.29. The number of ether oxygens (including phenoxy) is 1. The summed E-state index contributed by atoms with van der Waals surface area (Å²) in [5, 5.41) is 3.86. The highest BCUT2D eigenvalue weighted by Crippen LogP contribution is 2.29. The molecule has 1 aromatic carbocycles. The van der Waals surface area contributed by atoms with E-state index in [9.17, 15) is 4.79 Å². The van der Waals surface area contributed by atoms with Crippen molar-refractivity contribution in [2.45, 2.75) is 20.5 Å². The van der Waals surface area contributed by atoms with Gasteiger partial charge in [0.25, 0.3) is 5.91 Å². The Kier molecular flexibility index (Phi) is 5.11. The fraction of sp³-hybridized carbons (Fsp3) is 0.222. The molecule has 0 aliphatic carbocycles. The van der Waals surface area contributed by atoms with Crippen LogP contribution in [0.5, 0.6) is 5.75 Å². The minimum absolute atomic E-state index is 0.159.